The first kappa shape index (κ1) is 17.5. The number of amides is 1. The maximum atomic E-state index is 12.3. The second kappa shape index (κ2) is 7.77. The van der Waals surface area contributed by atoms with Gasteiger partial charge in [0.05, 0.1) is 30.0 Å². The van der Waals surface area contributed by atoms with Gasteiger partial charge >= 0.3 is 0 Å². The van der Waals surface area contributed by atoms with Crippen LogP contribution in [0.4, 0.5) is 0 Å². The summed E-state index contributed by atoms with van der Waals surface area (Å²) in [5.41, 5.74) is 1.87. The number of nitrogens with zero attached hydrogens (tertiary/aromatic N) is 3. The van der Waals surface area contributed by atoms with Crippen molar-refractivity contribution in [1.82, 2.24) is 20.1 Å². The summed E-state index contributed by atoms with van der Waals surface area (Å²) in [6, 6.07) is 13.3. The number of aromatic nitrogens is 3. The predicted octanol–water partition coefficient (Wildman–Crippen LogP) is 4.23. The number of halogens is 1. The molecule has 1 N–H and O–H groups in total. The lowest BCUT2D eigenvalue weighted by Crippen LogP contribution is -2.22. The summed E-state index contributed by atoms with van der Waals surface area (Å²) in [7, 11) is 0. The number of hydrogen-bond acceptors (Lipinski definition) is 5. The zero-order valence-corrected chi connectivity index (χ0v) is 15.7. The van der Waals surface area contributed by atoms with Crippen molar-refractivity contribution in [3.63, 3.8) is 0 Å². The van der Waals surface area contributed by atoms with Gasteiger partial charge in [-0.25, -0.2) is 4.98 Å². The Labute approximate surface area is 164 Å². The molecule has 3 aromatic heterocycles. The molecule has 0 aliphatic rings. The molecule has 0 unspecified atom stereocenters. The second-order valence-corrected chi connectivity index (χ2v) is 7.11. The Balaban J connectivity index is 1.35. The van der Waals surface area contributed by atoms with Crippen LogP contribution in [0.25, 0.3) is 10.6 Å². The van der Waals surface area contributed by atoms with Crippen LogP contribution in [-0.4, -0.2) is 20.7 Å². The molecular formula is C19H15ClN4O2S. The highest BCUT2D eigenvalue weighted by Gasteiger charge is 2.13. The van der Waals surface area contributed by atoms with E-state index in [1.54, 1.807) is 40.5 Å². The third kappa shape index (κ3) is 4.27. The van der Waals surface area contributed by atoms with Gasteiger partial charge in [0, 0.05) is 17.1 Å². The van der Waals surface area contributed by atoms with E-state index >= 15 is 0 Å². The Hall–Kier alpha value is -2.90. The van der Waals surface area contributed by atoms with E-state index in [4.69, 9.17) is 16.0 Å². The first-order valence-electron chi connectivity index (χ1n) is 8.22. The van der Waals surface area contributed by atoms with Gasteiger partial charge in [0.25, 0.3) is 5.91 Å². The van der Waals surface area contributed by atoms with Gasteiger partial charge in [-0.3, -0.25) is 9.48 Å². The Kier molecular flexibility index (Phi) is 5.04. The Bertz CT molecular complexity index is 1050. The fourth-order valence-corrected chi connectivity index (χ4v) is 3.51. The van der Waals surface area contributed by atoms with E-state index in [1.165, 1.54) is 0 Å². The molecule has 0 aliphatic carbocycles. The van der Waals surface area contributed by atoms with E-state index in [-0.39, 0.29) is 11.7 Å². The van der Waals surface area contributed by atoms with Gasteiger partial charge < -0.3 is 9.73 Å². The van der Waals surface area contributed by atoms with Gasteiger partial charge in [-0.15, -0.1) is 11.3 Å². The van der Waals surface area contributed by atoms with E-state index in [2.05, 4.69) is 15.4 Å². The van der Waals surface area contributed by atoms with E-state index in [9.17, 15) is 4.79 Å². The molecule has 0 aliphatic heterocycles. The van der Waals surface area contributed by atoms with Gasteiger partial charge in [-0.2, -0.15) is 5.10 Å². The van der Waals surface area contributed by atoms with Crippen LogP contribution in [0.5, 0.6) is 0 Å². The third-order valence-corrected chi connectivity index (χ3v) is 4.94. The van der Waals surface area contributed by atoms with Crippen LogP contribution in [0.2, 0.25) is 5.02 Å². The summed E-state index contributed by atoms with van der Waals surface area (Å²) in [5, 5.41) is 10.3. The number of rotatable bonds is 6. The van der Waals surface area contributed by atoms with Gasteiger partial charge in [0.2, 0.25) is 0 Å². The molecule has 0 fully saturated rings. The van der Waals surface area contributed by atoms with Gasteiger partial charge in [0.15, 0.2) is 5.76 Å². The quantitative estimate of drug-likeness (QED) is 0.527. The Morgan fingerprint density at radius 2 is 2.07 bits per heavy atom. The van der Waals surface area contributed by atoms with Gasteiger partial charge in [-0.1, -0.05) is 41.9 Å². The monoisotopic (exact) mass is 398 g/mol. The van der Waals surface area contributed by atoms with Gasteiger partial charge in [0.1, 0.15) is 10.8 Å². The number of hydrogen-bond donors (Lipinski definition) is 1. The predicted molar refractivity (Wildman–Crippen MR) is 104 cm³/mol. The first-order valence-corrected chi connectivity index (χ1v) is 9.48. The molecule has 27 heavy (non-hydrogen) atoms. The van der Waals surface area contributed by atoms with Crippen LogP contribution >= 0.6 is 22.9 Å². The summed E-state index contributed by atoms with van der Waals surface area (Å²) in [4.78, 5) is 16.9. The molecule has 136 valence electrons. The van der Waals surface area contributed by atoms with Crippen molar-refractivity contribution >= 4 is 28.8 Å². The smallest absolute Gasteiger partial charge is 0.287 e. The molecule has 6 nitrogen and oxygen atoms in total. The van der Waals surface area contributed by atoms with Crippen molar-refractivity contribution < 1.29 is 9.21 Å². The van der Waals surface area contributed by atoms with E-state index < -0.39 is 0 Å². The lowest BCUT2D eigenvalue weighted by molar-refractivity contribution is 0.0920. The van der Waals surface area contributed by atoms with Crippen LogP contribution in [0.15, 0.2) is 64.7 Å². The van der Waals surface area contributed by atoms with Crippen molar-refractivity contribution in [2.75, 3.05) is 0 Å². The second-order valence-electron chi connectivity index (χ2n) is 5.81. The first-order chi connectivity index (χ1) is 13.2. The van der Waals surface area contributed by atoms with Crippen molar-refractivity contribution in [3.8, 4) is 10.6 Å². The number of benzene rings is 1. The molecule has 0 radical (unpaired) electrons. The van der Waals surface area contributed by atoms with E-state index in [1.807, 2.05) is 35.7 Å². The third-order valence-electron chi connectivity index (χ3n) is 3.81. The number of furan rings is 1. The number of carbonyl (C=O) groups excluding carboxylic acids is 1. The molecule has 0 spiro atoms. The summed E-state index contributed by atoms with van der Waals surface area (Å²) in [5.74, 6) is 0.593. The molecule has 3 heterocycles. The fraction of sp³-hybridized carbons (Fsp3) is 0.105. The van der Waals surface area contributed by atoms with Crippen LogP contribution < -0.4 is 5.32 Å². The highest BCUT2D eigenvalue weighted by atomic mass is 35.5. The molecule has 1 amide bonds. The average molecular weight is 399 g/mol. The molecule has 1 aromatic carbocycles. The van der Waals surface area contributed by atoms with Crippen molar-refractivity contribution in [3.05, 3.63) is 82.5 Å². The molecule has 0 saturated carbocycles. The molecule has 0 saturated heterocycles. The maximum absolute atomic E-state index is 12.3. The number of carbonyl (C=O) groups is 1. The summed E-state index contributed by atoms with van der Waals surface area (Å²) < 4.78 is 7.23. The molecule has 0 atom stereocenters. The van der Waals surface area contributed by atoms with Crippen LogP contribution in [0.1, 0.15) is 22.0 Å². The fourth-order valence-electron chi connectivity index (χ4n) is 2.53. The topological polar surface area (TPSA) is 73.0 Å². The summed E-state index contributed by atoms with van der Waals surface area (Å²) in [6.07, 6.45) is 3.24. The minimum absolute atomic E-state index is 0.252. The molecule has 4 aromatic rings. The molecular weight excluding hydrogens is 384 g/mol. The SMILES string of the molecule is O=C(NCc1csc(-c2ccccc2)n1)c1ccc(Cn2cc(Cl)cn2)o1. The van der Waals surface area contributed by atoms with Gasteiger partial charge in [-0.05, 0) is 12.1 Å². The van der Waals surface area contributed by atoms with Crippen LogP contribution in [0, 0.1) is 0 Å². The van der Waals surface area contributed by atoms with E-state index in [0.717, 1.165) is 16.3 Å². The Morgan fingerprint density at radius 1 is 1.22 bits per heavy atom. The average Bonchev–Trinajstić information content (AvgIpc) is 3.42. The standard InChI is InChI=1S/C19H15ClN4O2S/c20-14-8-22-24(10-14)11-16-6-7-17(26-16)18(25)21-9-15-12-27-19(23-15)13-4-2-1-3-5-13/h1-8,10,12H,9,11H2,(H,21,25). The lowest BCUT2D eigenvalue weighted by Gasteiger charge is -2.01. The normalized spacial score (nSPS) is 10.9. The zero-order chi connectivity index (χ0) is 18.6. The highest BCUT2D eigenvalue weighted by Crippen LogP contribution is 2.23. The largest absolute Gasteiger partial charge is 0.454 e. The summed E-state index contributed by atoms with van der Waals surface area (Å²) in [6.45, 7) is 0.749. The van der Waals surface area contributed by atoms with E-state index in [0.29, 0.717) is 23.9 Å². The number of thiazole rings is 1. The molecule has 0 bridgehead atoms. The number of nitrogens with one attached hydrogen (secondary N) is 1. The van der Waals surface area contributed by atoms with Crippen molar-refractivity contribution in [2.24, 2.45) is 0 Å². The Morgan fingerprint density at radius 3 is 2.85 bits per heavy atom. The van der Waals surface area contributed by atoms with Crippen LogP contribution in [0.3, 0.4) is 0 Å². The zero-order valence-electron chi connectivity index (χ0n) is 14.1. The minimum atomic E-state index is -0.283. The lowest BCUT2D eigenvalue weighted by atomic mass is 10.2. The minimum Gasteiger partial charge on any atom is -0.454 e. The molecule has 4 rings (SSSR count). The van der Waals surface area contributed by atoms with Crippen molar-refractivity contribution in [2.45, 2.75) is 13.1 Å². The maximum Gasteiger partial charge on any atom is 0.287 e. The van der Waals surface area contributed by atoms with Crippen LogP contribution in [-0.2, 0) is 13.1 Å². The van der Waals surface area contributed by atoms with Crippen molar-refractivity contribution in [1.29, 1.82) is 0 Å². The molecule has 8 heteroatoms. The highest BCUT2D eigenvalue weighted by molar-refractivity contribution is 7.13. The summed E-state index contributed by atoms with van der Waals surface area (Å²) >= 11 is 7.39.